The molecule has 0 atom stereocenters. The van der Waals surface area contributed by atoms with Gasteiger partial charge in [0, 0.05) is 42.1 Å². The molecule has 0 fully saturated rings. The Balaban J connectivity index is 1.89. The molecule has 24 heavy (non-hydrogen) atoms. The van der Waals surface area contributed by atoms with Crippen molar-refractivity contribution >= 4 is 28.2 Å². The van der Waals surface area contributed by atoms with Gasteiger partial charge in [-0.2, -0.15) is 0 Å². The predicted molar refractivity (Wildman–Crippen MR) is 90.9 cm³/mol. The summed E-state index contributed by atoms with van der Waals surface area (Å²) in [5.41, 5.74) is 1.84. The number of aryl methyl sites for hydroxylation is 1. The lowest BCUT2D eigenvalue weighted by Crippen LogP contribution is -2.12. The van der Waals surface area contributed by atoms with Crippen molar-refractivity contribution < 1.29 is 13.5 Å². The van der Waals surface area contributed by atoms with Gasteiger partial charge in [0.25, 0.3) is 0 Å². The van der Waals surface area contributed by atoms with E-state index in [0.29, 0.717) is 29.4 Å². The molecule has 1 N–H and O–H groups in total. The summed E-state index contributed by atoms with van der Waals surface area (Å²) >= 11 is 5.84. The van der Waals surface area contributed by atoms with Crippen LogP contribution < -0.4 is 10.1 Å². The molecule has 4 nitrogen and oxygen atoms in total. The third-order valence-corrected chi connectivity index (χ3v) is 4.06. The summed E-state index contributed by atoms with van der Waals surface area (Å²) in [7, 11) is 1.44. The van der Waals surface area contributed by atoms with E-state index in [1.807, 2.05) is 6.92 Å². The largest absolute Gasteiger partial charge is 0.496 e. The van der Waals surface area contributed by atoms with Crippen molar-refractivity contribution in [2.75, 3.05) is 19.0 Å². The Morgan fingerprint density at radius 2 is 2.08 bits per heavy atom. The second-order valence-electron chi connectivity index (χ2n) is 5.37. The van der Waals surface area contributed by atoms with Crippen LogP contribution in [0.3, 0.4) is 0 Å². The molecular weight excluding hydrogens is 336 g/mol. The minimum atomic E-state index is -0.924. The van der Waals surface area contributed by atoms with Crippen LogP contribution in [0.5, 0.6) is 5.75 Å². The molecule has 7 heteroatoms. The second-order valence-corrected chi connectivity index (χ2v) is 5.76. The highest BCUT2D eigenvalue weighted by Crippen LogP contribution is 2.32. The second kappa shape index (κ2) is 6.65. The van der Waals surface area contributed by atoms with Crippen LogP contribution in [-0.4, -0.2) is 23.2 Å². The highest BCUT2D eigenvalue weighted by molar-refractivity contribution is 6.29. The van der Waals surface area contributed by atoms with Gasteiger partial charge in [0.2, 0.25) is 0 Å². The highest BCUT2D eigenvalue weighted by atomic mass is 35.5. The quantitative estimate of drug-likeness (QED) is 0.693. The number of aromatic nitrogens is 2. The Bertz CT molecular complexity index is 895. The number of nitrogens with one attached hydrogen (secondary N) is 1. The number of halogens is 3. The fourth-order valence-corrected chi connectivity index (χ4v) is 2.93. The summed E-state index contributed by atoms with van der Waals surface area (Å²) in [4.78, 5) is 3.91. The lowest BCUT2D eigenvalue weighted by molar-refractivity contribution is 0.412. The molecule has 3 rings (SSSR count). The zero-order chi connectivity index (χ0) is 17.3. The van der Waals surface area contributed by atoms with Gasteiger partial charge in [-0.1, -0.05) is 11.6 Å². The minimum Gasteiger partial charge on any atom is -0.496 e. The van der Waals surface area contributed by atoms with Gasteiger partial charge in [0.05, 0.1) is 12.6 Å². The number of hydrogen-bond donors (Lipinski definition) is 1. The van der Waals surface area contributed by atoms with E-state index in [0.717, 1.165) is 17.4 Å². The maximum absolute atomic E-state index is 14.3. The van der Waals surface area contributed by atoms with E-state index in [2.05, 4.69) is 10.3 Å². The number of nitrogens with zero attached hydrogens (tertiary/aromatic N) is 2. The van der Waals surface area contributed by atoms with Crippen LogP contribution in [0.2, 0.25) is 5.15 Å². The molecule has 126 valence electrons. The van der Waals surface area contributed by atoms with Crippen molar-refractivity contribution in [1.29, 1.82) is 0 Å². The zero-order valence-corrected chi connectivity index (χ0v) is 14.0. The van der Waals surface area contributed by atoms with Gasteiger partial charge in [-0.3, -0.25) is 0 Å². The summed E-state index contributed by atoms with van der Waals surface area (Å²) in [5, 5.41) is 4.13. The molecule has 0 saturated heterocycles. The topological polar surface area (TPSA) is 39.1 Å². The van der Waals surface area contributed by atoms with E-state index in [4.69, 9.17) is 16.3 Å². The Labute approximate surface area is 143 Å². The SMILES string of the molecule is COc1cc(F)c(F)c2c1cc(C)n2CCNc1ccnc(Cl)c1. The van der Waals surface area contributed by atoms with Crippen LogP contribution in [0.4, 0.5) is 14.5 Å². The van der Waals surface area contributed by atoms with Gasteiger partial charge in [0.15, 0.2) is 11.6 Å². The van der Waals surface area contributed by atoms with Crippen molar-refractivity contribution in [3.8, 4) is 5.75 Å². The smallest absolute Gasteiger partial charge is 0.183 e. The van der Waals surface area contributed by atoms with E-state index in [1.54, 1.807) is 29.0 Å². The summed E-state index contributed by atoms with van der Waals surface area (Å²) < 4.78 is 35.0. The van der Waals surface area contributed by atoms with E-state index in [1.165, 1.54) is 7.11 Å². The molecular formula is C17H16ClF2N3O. The molecule has 2 aromatic heterocycles. The Hall–Kier alpha value is -2.34. The highest BCUT2D eigenvalue weighted by Gasteiger charge is 2.18. The van der Waals surface area contributed by atoms with Gasteiger partial charge in [0.1, 0.15) is 10.9 Å². The monoisotopic (exact) mass is 351 g/mol. The van der Waals surface area contributed by atoms with E-state index >= 15 is 0 Å². The average molecular weight is 352 g/mol. The minimum absolute atomic E-state index is 0.207. The summed E-state index contributed by atoms with van der Waals surface area (Å²) in [6.07, 6.45) is 1.60. The first kappa shape index (κ1) is 16.5. The number of rotatable bonds is 5. The molecule has 0 aliphatic rings. The lowest BCUT2D eigenvalue weighted by Gasteiger charge is -2.12. The zero-order valence-electron chi connectivity index (χ0n) is 13.2. The Morgan fingerprint density at radius 3 is 2.79 bits per heavy atom. The molecule has 0 unspecified atom stereocenters. The summed E-state index contributed by atoms with van der Waals surface area (Å²) in [6.45, 7) is 2.82. The van der Waals surface area contributed by atoms with Gasteiger partial charge in [-0.25, -0.2) is 13.8 Å². The van der Waals surface area contributed by atoms with Crippen molar-refractivity contribution in [1.82, 2.24) is 9.55 Å². The molecule has 0 aliphatic heterocycles. The van der Waals surface area contributed by atoms with E-state index in [-0.39, 0.29) is 5.52 Å². The molecule has 0 amide bonds. The van der Waals surface area contributed by atoms with Crippen molar-refractivity contribution in [2.24, 2.45) is 0 Å². The number of benzene rings is 1. The number of ether oxygens (including phenoxy) is 1. The first-order valence-electron chi connectivity index (χ1n) is 7.38. The molecule has 0 aliphatic carbocycles. The van der Waals surface area contributed by atoms with Crippen LogP contribution in [0.25, 0.3) is 10.9 Å². The molecule has 0 radical (unpaired) electrons. The van der Waals surface area contributed by atoms with Gasteiger partial charge >= 0.3 is 0 Å². The van der Waals surface area contributed by atoms with E-state index in [9.17, 15) is 8.78 Å². The van der Waals surface area contributed by atoms with Gasteiger partial charge in [-0.15, -0.1) is 0 Å². The molecule has 0 spiro atoms. The standard InChI is InChI=1S/C17H16ClF2N3O/c1-10-7-12-14(24-2)9-13(19)16(20)17(12)23(10)6-5-21-11-3-4-22-15(18)8-11/h3-4,7-9H,5-6H2,1-2H3,(H,21,22). The summed E-state index contributed by atoms with van der Waals surface area (Å²) in [6, 6.07) is 6.35. The molecule has 0 saturated carbocycles. The van der Waals surface area contributed by atoms with Crippen LogP contribution in [-0.2, 0) is 6.54 Å². The van der Waals surface area contributed by atoms with Gasteiger partial charge < -0.3 is 14.6 Å². The average Bonchev–Trinajstić information content (AvgIpc) is 2.88. The normalized spacial score (nSPS) is 11.0. The number of fused-ring (bicyclic) bond motifs is 1. The molecule has 2 heterocycles. The Morgan fingerprint density at radius 1 is 1.29 bits per heavy atom. The maximum Gasteiger partial charge on any atom is 0.183 e. The van der Waals surface area contributed by atoms with Crippen molar-refractivity contribution in [2.45, 2.75) is 13.5 Å². The number of pyridine rings is 1. The fourth-order valence-electron chi connectivity index (χ4n) is 2.75. The molecule has 3 aromatic rings. The van der Waals surface area contributed by atoms with Crippen molar-refractivity contribution in [3.05, 3.63) is 52.9 Å². The van der Waals surface area contributed by atoms with Crippen molar-refractivity contribution in [3.63, 3.8) is 0 Å². The number of methoxy groups -OCH3 is 1. The third-order valence-electron chi connectivity index (χ3n) is 3.86. The summed E-state index contributed by atoms with van der Waals surface area (Å²) in [5.74, 6) is -1.47. The van der Waals surface area contributed by atoms with E-state index < -0.39 is 11.6 Å². The molecule has 0 bridgehead atoms. The first-order valence-corrected chi connectivity index (χ1v) is 7.76. The first-order chi connectivity index (χ1) is 11.5. The molecule has 1 aromatic carbocycles. The third kappa shape index (κ3) is 3.01. The van der Waals surface area contributed by atoms with Crippen LogP contribution in [0.1, 0.15) is 5.69 Å². The fraction of sp³-hybridized carbons (Fsp3) is 0.235. The Kier molecular flexibility index (Phi) is 4.57. The number of anilines is 1. The van der Waals surface area contributed by atoms with Crippen LogP contribution >= 0.6 is 11.6 Å². The number of hydrogen-bond acceptors (Lipinski definition) is 3. The maximum atomic E-state index is 14.3. The lowest BCUT2D eigenvalue weighted by atomic mass is 10.2. The van der Waals surface area contributed by atoms with Crippen LogP contribution in [0.15, 0.2) is 30.5 Å². The van der Waals surface area contributed by atoms with Gasteiger partial charge in [-0.05, 0) is 25.1 Å². The predicted octanol–water partition coefficient (Wildman–Crippen LogP) is 4.40. The van der Waals surface area contributed by atoms with Crippen LogP contribution in [0, 0.1) is 18.6 Å².